The first kappa shape index (κ1) is 59.5. The lowest BCUT2D eigenvalue weighted by Crippen LogP contribution is -2.11. The van der Waals surface area contributed by atoms with Crippen molar-refractivity contribution in [2.75, 3.05) is 34.8 Å². The van der Waals surface area contributed by atoms with Crippen molar-refractivity contribution in [1.82, 2.24) is 0 Å². The highest BCUT2D eigenvalue weighted by Crippen LogP contribution is 2.48. The molecule has 0 N–H and O–H groups in total. The van der Waals surface area contributed by atoms with E-state index >= 15 is 0 Å². The largest absolute Gasteiger partial charge is 0.310 e. The molecule has 0 spiro atoms. The van der Waals surface area contributed by atoms with E-state index in [9.17, 15) is 0 Å². The van der Waals surface area contributed by atoms with Crippen LogP contribution in [0.4, 0.5) is 34.1 Å². The smallest absolute Gasteiger partial charge is 0.0468 e. The maximum atomic E-state index is 2.50. The zero-order valence-corrected chi connectivity index (χ0v) is 53.2. The highest BCUT2D eigenvalue weighted by Gasteiger charge is 2.25. The van der Waals surface area contributed by atoms with Crippen molar-refractivity contribution in [1.29, 1.82) is 0 Å². The van der Waals surface area contributed by atoms with Crippen LogP contribution >= 0.6 is 19.9 Å². The molecule has 0 aromatic heterocycles. The molecule has 4 heteroatoms. The van der Waals surface area contributed by atoms with Crippen LogP contribution in [0.5, 0.6) is 0 Å². The minimum Gasteiger partial charge on any atom is -0.310 e. The predicted octanol–water partition coefficient (Wildman–Crippen LogP) is 24.9. The normalized spacial score (nSPS) is 16.3. The zero-order valence-electron chi connectivity index (χ0n) is 51.5. The number of fused-ring (bicyclic) bond motifs is 6. The molecule has 12 rings (SSSR count). The Labute approximate surface area is 501 Å². The summed E-state index contributed by atoms with van der Waals surface area (Å²) in [6.45, 7) is 10.8. The van der Waals surface area contributed by atoms with Gasteiger partial charge in [-0.1, -0.05) is 169 Å². The molecule has 4 aliphatic carbocycles. The van der Waals surface area contributed by atoms with Crippen LogP contribution in [-0.4, -0.2) is 25.0 Å². The van der Waals surface area contributed by atoms with E-state index in [1.54, 1.807) is 0 Å². The van der Waals surface area contributed by atoms with E-state index < -0.39 is 0 Å². The van der Waals surface area contributed by atoms with Gasteiger partial charge in [-0.2, -0.15) is 0 Å². The molecule has 0 bridgehead atoms. The van der Waals surface area contributed by atoms with Crippen molar-refractivity contribution in [2.24, 2.45) is 0 Å². The Morgan fingerprint density at radius 3 is 1.30 bits per heavy atom. The van der Waals surface area contributed by atoms with E-state index in [1.807, 2.05) is 17.7 Å². The maximum absolute atomic E-state index is 2.50. The van der Waals surface area contributed by atoms with Crippen LogP contribution in [0.1, 0.15) is 207 Å². The fraction of sp³-hybridized carbons (Fsp3) is 0.410. The third kappa shape index (κ3) is 14.3. The lowest BCUT2D eigenvalue weighted by molar-refractivity contribution is 0.443. The third-order valence-electron chi connectivity index (χ3n) is 18.8. The molecule has 430 valence electrons. The quantitative estimate of drug-likeness (QED) is 0.0791. The van der Waals surface area contributed by atoms with E-state index in [0.29, 0.717) is 23.7 Å². The molecule has 8 aromatic carbocycles. The lowest BCUT2D eigenvalue weighted by Gasteiger charge is -2.28. The Hall–Kier alpha value is -5.68. The van der Waals surface area contributed by atoms with Crippen LogP contribution in [0.25, 0.3) is 32.7 Å². The summed E-state index contributed by atoms with van der Waals surface area (Å²) < 4.78 is 0. The molecule has 0 radical (unpaired) electrons. The predicted molar refractivity (Wildman–Crippen MR) is 368 cm³/mol. The van der Waals surface area contributed by atoms with Crippen molar-refractivity contribution in [3.8, 4) is 11.1 Å². The van der Waals surface area contributed by atoms with E-state index in [4.69, 9.17) is 0 Å². The SMILES string of the molecule is CC=C(C)C.CCCC(CC)c1ccc(N(c2ccc(C3CCCCC3)cc2)c2ccc3c4c(ccc3c2)-c2cc3ccc(N(c5ccc(C6CCCCC6)cc5)c5ccc(C6CCCCC6)cc5)cc3cc2C4)cc1.CSS(C)(C)C. The van der Waals surface area contributed by atoms with Gasteiger partial charge in [0.15, 0.2) is 0 Å². The van der Waals surface area contributed by atoms with Crippen LogP contribution in [0.15, 0.2) is 169 Å². The van der Waals surface area contributed by atoms with Gasteiger partial charge in [-0.3, -0.25) is 0 Å². The molecule has 0 aliphatic heterocycles. The topological polar surface area (TPSA) is 6.48 Å². The highest BCUT2D eigenvalue weighted by molar-refractivity contribution is 8.93. The minimum absolute atomic E-state index is 0.245. The first-order valence-corrected chi connectivity index (χ1v) is 36.5. The Morgan fingerprint density at radius 2 is 0.890 bits per heavy atom. The second-order valence-corrected chi connectivity index (χ2v) is 33.2. The second kappa shape index (κ2) is 27.8. The van der Waals surface area contributed by atoms with Crippen LogP contribution in [0.3, 0.4) is 0 Å². The highest BCUT2D eigenvalue weighted by atomic mass is 33.2. The van der Waals surface area contributed by atoms with Crippen LogP contribution in [-0.2, 0) is 6.42 Å². The lowest BCUT2D eigenvalue weighted by atomic mass is 9.84. The summed E-state index contributed by atoms with van der Waals surface area (Å²) in [5, 5.41) is 5.27. The van der Waals surface area contributed by atoms with Gasteiger partial charge in [0, 0.05) is 34.1 Å². The van der Waals surface area contributed by atoms with Crippen LogP contribution < -0.4 is 9.80 Å². The molecule has 4 aliphatic rings. The molecular formula is C78H96N2S2. The monoisotopic (exact) mass is 1120 g/mol. The van der Waals surface area contributed by atoms with E-state index in [0.717, 1.165) is 6.42 Å². The molecule has 0 heterocycles. The first-order valence-electron chi connectivity index (χ1n) is 31.9. The number of allylic oxidation sites excluding steroid dienone is 2. The van der Waals surface area contributed by atoms with Crippen molar-refractivity contribution < 1.29 is 0 Å². The molecule has 82 heavy (non-hydrogen) atoms. The van der Waals surface area contributed by atoms with Gasteiger partial charge in [0.25, 0.3) is 0 Å². The fourth-order valence-electron chi connectivity index (χ4n) is 13.8. The van der Waals surface area contributed by atoms with Crippen LogP contribution in [0.2, 0.25) is 0 Å². The summed E-state index contributed by atoms with van der Waals surface area (Å²) in [7, 11) is 1.72. The molecule has 8 aromatic rings. The van der Waals surface area contributed by atoms with Gasteiger partial charge in [-0.05, 0) is 272 Å². The van der Waals surface area contributed by atoms with Gasteiger partial charge < -0.3 is 9.80 Å². The summed E-state index contributed by atoms with van der Waals surface area (Å²) in [4.78, 5) is 4.99. The molecular weight excluding hydrogens is 1030 g/mol. The van der Waals surface area contributed by atoms with E-state index in [2.05, 4.69) is 226 Å². The van der Waals surface area contributed by atoms with Crippen molar-refractivity contribution in [3.63, 3.8) is 0 Å². The van der Waals surface area contributed by atoms with Gasteiger partial charge in [0.2, 0.25) is 0 Å². The molecule has 3 saturated carbocycles. The standard InChI is InChI=1S/C69H74N2.C5H10.C4H12S2/c1-3-14-48(4-2)52-21-31-60(32-22-52)71(63-37-27-55(28-38-63)51-19-12-7-13-20-51)65-40-42-66-57(44-65)30-41-67-68-46-56-29-39-64(45-58(56)43-59(68)47-69(66)67)70(61-33-23-53(24-34-61)49-15-8-5-9-16-49)62-35-25-54(26-36-62)50-17-10-6-11-18-50;1-4-5(2)3;1-5-6(2,3)4/h21-46,48-51H,3-20,47H2,1-2H3;4H,1-3H3;1-4H3. The average Bonchev–Trinajstić information content (AvgIpc) is 3.55. The Balaban J connectivity index is 0.000000626. The Morgan fingerprint density at radius 1 is 0.488 bits per heavy atom. The number of hydrogen-bond donors (Lipinski definition) is 0. The number of benzene rings is 8. The Kier molecular flexibility index (Phi) is 20.2. The average molecular weight is 1130 g/mol. The van der Waals surface area contributed by atoms with Crippen LogP contribution in [0, 0.1) is 0 Å². The second-order valence-electron chi connectivity index (χ2n) is 25.4. The van der Waals surface area contributed by atoms with E-state index in [1.165, 1.54) is 221 Å². The molecule has 2 nitrogen and oxygen atoms in total. The fourth-order valence-corrected chi connectivity index (χ4v) is 13.8. The van der Waals surface area contributed by atoms with Gasteiger partial charge in [-0.15, -0.1) is 10.8 Å². The van der Waals surface area contributed by atoms with Crippen molar-refractivity contribution in [3.05, 3.63) is 203 Å². The Bertz CT molecular complexity index is 3250. The minimum atomic E-state index is -0.245. The summed E-state index contributed by atoms with van der Waals surface area (Å²) in [6.07, 6.45) is 35.9. The first-order chi connectivity index (χ1) is 39.9. The third-order valence-corrected chi connectivity index (χ3v) is 22.8. The number of nitrogens with zero attached hydrogens (tertiary/aromatic N) is 2. The van der Waals surface area contributed by atoms with Gasteiger partial charge in [0.05, 0.1) is 0 Å². The molecule has 0 amide bonds. The van der Waals surface area contributed by atoms with Gasteiger partial charge in [-0.25, -0.2) is 9.06 Å². The summed E-state index contributed by atoms with van der Waals surface area (Å²) in [6, 6.07) is 62.5. The number of anilines is 6. The summed E-state index contributed by atoms with van der Waals surface area (Å²) >= 11 is 0. The van der Waals surface area contributed by atoms with Crippen molar-refractivity contribution in [2.45, 2.75) is 180 Å². The molecule has 1 atom stereocenters. The summed E-state index contributed by atoms with van der Waals surface area (Å²) in [5.41, 5.74) is 20.3. The number of rotatable bonds is 14. The molecule has 3 fully saturated rings. The molecule has 0 saturated heterocycles. The van der Waals surface area contributed by atoms with Crippen molar-refractivity contribution >= 4 is 75.5 Å². The van der Waals surface area contributed by atoms with E-state index in [-0.39, 0.29) is 9.06 Å². The van der Waals surface area contributed by atoms with Gasteiger partial charge in [0.1, 0.15) is 0 Å². The zero-order chi connectivity index (χ0) is 57.2. The summed E-state index contributed by atoms with van der Waals surface area (Å²) in [5.74, 6) is 2.70. The molecule has 1 unspecified atom stereocenters. The number of hydrogen-bond acceptors (Lipinski definition) is 3. The van der Waals surface area contributed by atoms with Gasteiger partial charge >= 0.3 is 0 Å². The maximum Gasteiger partial charge on any atom is 0.0468 e.